The highest BCUT2D eigenvalue weighted by atomic mass is 35.5. The normalized spacial score (nSPS) is 10.8. The third kappa shape index (κ3) is 2.63. The van der Waals surface area contributed by atoms with Gasteiger partial charge in [-0.25, -0.2) is 4.98 Å². The molecule has 0 aliphatic heterocycles. The number of phenolic OH excluding ortho intramolecular Hbond substituents is 1. The van der Waals surface area contributed by atoms with Crippen LogP contribution in [-0.4, -0.2) is 14.5 Å². The number of aromatic nitrogens is 2. The van der Waals surface area contributed by atoms with E-state index in [-0.39, 0.29) is 5.75 Å². The van der Waals surface area contributed by atoms with E-state index in [2.05, 4.69) is 4.98 Å². The third-order valence-electron chi connectivity index (χ3n) is 2.68. The van der Waals surface area contributed by atoms with E-state index in [0.717, 1.165) is 11.3 Å². The van der Waals surface area contributed by atoms with Crippen molar-refractivity contribution in [2.24, 2.45) is 0 Å². The fourth-order valence-electron chi connectivity index (χ4n) is 1.81. The van der Waals surface area contributed by atoms with Crippen LogP contribution in [0.2, 0.25) is 5.02 Å². The number of rotatable bonds is 3. The van der Waals surface area contributed by atoms with Crippen molar-refractivity contribution < 1.29 is 9.84 Å². The van der Waals surface area contributed by atoms with Crippen LogP contribution < -0.4 is 4.74 Å². The van der Waals surface area contributed by atoms with Crippen molar-refractivity contribution in [1.29, 1.82) is 0 Å². The summed E-state index contributed by atoms with van der Waals surface area (Å²) in [6, 6.07) is 10.3. The molecule has 0 unspecified atom stereocenters. The number of pyridine rings is 1. The molecule has 0 amide bonds. The summed E-state index contributed by atoms with van der Waals surface area (Å²) >= 11 is 5.91. The van der Waals surface area contributed by atoms with E-state index in [9.17, 15) is 5.11 Å². The first-order valence-electron chi connectivity index (χ1n) is 5.76. The average Bonchev–Trinajstić information content (AvgIpc) is 2.78. The third-order valence-corrected chi connectivity index (χ3v) is 2.91. The average molecular weight is 275 g/mol. The molecule has 3 aromatic rings. The SMILES string of the molecule is Oc1cccc(OCc2cn3ccc(Cl)cc3n2)c1. The monoisotopic (exact) mass is 274 g/mol. The summed E-state index contributed by atoms with van der Waals surface area (Å²) in [7, 11) is 0. The Hall–Kier alpha value is -2.20. The van der Waals surface area contributed by atoms with Gasteiger partial charge in [-0.3, -0.25) is 0 Å². The van der Waals surface area contributed by atoms with Crippen LogP contribution >= 0.6 is 11.6 Å². The molecule has 5 heteroatoms. The van der Waals surface area contributed by atoms with Crippen molar-refractivity contribution in [2.45, 2.75) is 6.61 Å². The zero-order valence-corrected chi connectivity index (χ0v) is 10.7. The van der Waals surface area contributed by atoms with Crippen molar-refractivity contribution in [2.75, 3.05) is 0 Å². The quantitative estimate of drug-likeness (QED) is 0.797. The van der Waals surface area contributed by atoms with Gasteiger partial charge < -0.3 is 14.2 Å². The van der Waals surface area contributed by atoms with Gasteiger partial charge in [-0.15, -0.1) is 0 Å². The Kier molecular flexibility index (Phi) is 3.01. The Labute approximate surface area is 114 Å². The number of nitrogens with zero attached hydrogens (tertiary/aromatic N) is 2. The number of phenols is 1. The van der Waals surface area contributed by atoms with E-state index in [1.54, 1.807) is 36.4 Å². The molecule has 4 nitrogen and oxygen atoms in total. The van der Waals surface area contributed by atoms with Gasteiger partial charge in [-0.05, 0) is 24.3 Å². The lowest BCUT2D eigenvalue weighted by Crippen LogP contribution is -1.95. The zero-order valence-electron chi connectivity index (χ0n) is 9.95. The second-order valence-corrected chi connectivity index (χ2v) is 4.57. The first-order chi connectivity index (χ1) is 9.20. The minimum Gasteiger partial charge on any atom is -0.508 e. The molecule has 0 bridgehead atoms. The molecule has 0 saturated heterocycles. The lowest BCUT2D eigenvalue weighted by molar-refractivity contribution is 0.300. The minimum absolute atomic E-state index is 0.180. The van der Waals surface area contributed by atoms with Crippen molar-refractivity contribution in [1.82, 2.24) is 9.38 Å². The number of hydrogen-bond donors (Lipinski definition) is 1. The lowest BCUT2D eigenvalue weighted by atomic mass is 10.3. The molecule has 19 heavy (non-hydrogen) atoms. The van der Waals surface area contributed by atoms with Crippen LogP contribution in [0.1, 0.15) is 5.69 Å². The highest BCUT2D eigenvalue weighted by Crippen LogP contribution is 2.19. The number of hydrogen-bond acceptors (Lipinski definition) is 3. The smallest absolute Gasteiger partial charge is 0.138 e. The van der Waals surface area contributed by atoms with Crippen LogP contribution in [0.5, 0.6) is 11.5 Å². The standard InChI is InChI=1S/C14H11ClN2O2/c15-10-4-5-17-8-11(16-14(17)6-10)9-19-13-3-1-2-12(18)7-13/h1-8,18H,9H2. The van der Waals surface area contributed by atoms with Crippen molar-refractivity contribution in [3.63, 3.8) is 0 Å². The van der Waals surface area contributed by atoms with Gasteiger partial charge in [0.1, 0.15) is 23.8 Å². The highest BCUT2D eigenvalue weighted by Gasteiger charge is 2.03. The van der Waals surface area contributed by atoms with Crippen LogP contribution in [0.25, 0.3) is 5.65 Å². The number of aromatic hydroxyl groups is 1. The summed E-state index contributed by atoms with van der Waals surface area (Å²) in [4.78, 5) is 4.40. The first kappa shape index (κ1) is 11.9. The molecule has 0 fully saturated rings. The molecule has 0 spiro atoms. The largest absolute Gasteiger partial charge is 0.508 e. The Morgan fingerprint density at radius 2 is 2.16 bits per heavy atom. The van der Waals surface area contributed by atoms with E-state index in [1.807, 2.05) is 16.8 Å². The van der Waals surface area contributed by atoms with Gasteiger partial charge in [0.2, 0.25) is 0 Å². The maximum atomic E-state index is 9.34. The second-order valence-electron chi connectivity index (χ2n) is 4.13. The summed E-state index contributed by atoms with van der Waals surface area (Å²) in [5.41, 5.74) is 1.58. The zero-order chi connectivity index (χ0) is 13.2. The second kappa shape index (κ2) is 4.82. The molecule has 2 aromatic heterocycles. The van der Waals surface area contributed by atoms with Gasteiger partial charge >= 0.3 is 0 Å². The molecule has 0 atom stereocenters. The van der Waals surface area contributed by atoms with Gasteiger partial charge in [0, 0.05) is 23.5 Å². The Morgan fingerprint density at radius 1 is 1.26 bits per heavy atom. The van der Waals surface area contributed by atoms with E-state index in [4.69, 9.17) is 16.3 Å². The number of halogens is 1. The summed E-state index contributed by atoms with van der Waals surface area (Å²) in [6.45, 7) is 0.336. The molecule has 0 radical (unpaired) electrons. The molecule has 1 N–H and O–H groups in total. The fraction of sp³-hybridized carbons (Fsp3) is 0.0714. The Morgan fingerprint density at radius 3 is 3.00 bits per heavy atom. The molecule has 0 aliphatic rings. The Bertz CT molecular complexity index is 724. The molecule has 96 valence electrons. The molecule has 2 heterocycles. The number of fused-ring (bicyclic) bond motifs is 1. The fourth-order valence-corrected chi connectivity index (χ4v) is 1.96. The van der Waals surface area contributed by atoms with Gasteiger partial charge in [0.15, 0.2) is 0 Å². The van der Waals surface area contributed by atoms with Crippen LogP contribution in [-0.2, 0) is 6.61 Å². The molecular weight excluding hydrogens is 264 g/mol. The number of benzene rings is 1. The number of imidazole rings is 1. The van der Waals surface area contributed by atoms with E-state index < -0.39 is 0 Å². The minimum atomic E-state index is 0.180. The molecule has 1 aromatic carbocycles. The first-order valence-corrected chi connectivity index (χ1v) is 6.13. The predicted octanol–water partition coefficient (Wildman–Crippen LogP) is 3.27. The van der Waals surface area contributed by atoms with Crippen molar-refractivity contribution in [3.8, 4) is 11.5 Å². The van der Waals surface area contributed by atoms with E-state index in [1.165, 1.54) is 0 Å². The van der Waals surface area contributed by atoms with Crippen molar-refractivity contribution >= 4 is 17.2 Å². The van der Waals surface area contributed by atoms with E-state index >= 15 is 0 Å². The van der Waals surface area contributed by atoms with Crippen molar-refractivity contribution in [3.05, 3.63) is 59.5 Å². The van der Waals surface area contributed by atoms with Gasteiger partial charge in [-0.2, -0.15) is 0 Å². The topological polar surface area (TPSA) is 46.8 Å². The summed E-state index contributed by atoms with van der Waals surface area (Å²) in [5.74, 6) is 0.786. The molecule has 0 aliphatic carbocycles. The number of ether oxygens (including phenoxy) is 1. The van der Waals surface area contributed by atoms with E-state index in [0.29, 0.717) is 17.4 Å². The van der Waals surface area contributed by atoms with Crippen LogP contribution in [0.3, 0.4) is 0 Å². The van der Waals surface area contributed by atoms with Crippen LogP contribution in [0.4, 0.5) is 0 Å². The summed E-state index contributed by atoms with van der Waals surface area (Å²) < 4.78 is 7.45. The highest BCUT2D eigenvalue weighted by molar-refractivity contribution is 6.30. The van der Waals surface area contributed by atoms with Gasteiger partial charge in [0.25, 0.3) is 0 Å². The molecular formula is C14H11ClN2O2. The predicted molar refractivity (Wildman–Crippen MR) is 72.6 cm³/mol. The summed E-state index contributed by atoms with van der Waals surface area (Å²) in [5, 5.41) is 9.99. The molecule has 3 rings (SSSR count). The van der Waals surface area contributed by atoms with Crippen LogP contribution in [0.15, 0.2) is 48.8 Å². The Balaban J connectivity index is 1.78. The maximum absolute atomic E-state index is 9.34. The maximum Gasteiger partial charge on any atom is 0.138 e. The lowest BCUT2D eigenvalue weighted by Gasteiger charge is -2.03. The van der Waals surface area contributed by atoms with Gasteiger partial charge in [-0.1, -0.05) is 17.7 Å². The van der Waals surface area contributed by atoms with Crippen LogP contribution in [0, 0.1) is 0 Å². The summed E-state index contributed by atoms with van der Waals surface area (Å²) in [6.07, 6.45) is 3.73. The molecule has 0 saturated carbocycles. The van der Waals surface area contributed by atoms with Gasteiger partial charge in [0.05, 0.1) is 5.69 Å².